The Balaban J connectivity index is 1.27. The maximum absolute atomic E-state index is 14.4. The standard InChI is InChI=1S/C31H31F3N6O5S/c1-30(2,3)45-29(41)40-15-31(16-40)7-8-39(14-31)27-21-9-18(5-6-24(21)36-17-37-27)19-10-25(28(44-4)35-13-19)38-46(42,43)26-22(33)11-20(32)12-23(26)34/h5-6,9-13,17,38H,7-8,14-16H2,1-4H3. The highest BCUT2D eigenvalue weighted by Gasteiger charge is 2.50. The van der Waals surface area contributed by atoms with Crippen LogP contribution in [0.15, 0.2) is 53.8 Å². The molecule has 1 spiro atoms. The van der Waals surface area contributed by atoms with Gasteiger partial charge >= 0.3 is 6.09 Å². The van der Waals surface area contributed by atoms with E-state index >= 15 is 0 Å². The molecule has 4 aromatic rings. The maximum atomic E-state index is 14.4. The van der Waals surface area contributed by atoms with Crippen LogP contribution in [0.1, 0.15) is 27.2 Å². The van der Waals surface area contributed by atoms with Gasteiger partial charge in [-0.1, -0.05) is 6.07 Å². The van der Waals surface area contributed by atoms with E-state index in [2.05, 4.69) is 24.6 Å². The minimum absolute atomic E-state index is 0.0682. The second-order valence-electron chi connectivity index (χ2n) is 12.5. The van der Waals surface area contributed by atoms with Gasteiger partial charge in [-0.25, -0.2) is 41.3 Å². The number of carbonyl (C=O) groups excluding carboxylic acids is 1. The highest BCUT2D eigenvalue weighted by molar-refractivity contribution is 7.92. The molecule has 242 valence electrons. The molecule has 46 heavy (non-hydrogen) atoms. The van der Waals surface area contributed by atoms with E-state index in [-0.39, 0.29) is 35.2 Å². The Hall–Kier alpha value is -4.66. The molecule has 0 bridgehead atoms. The van der Waals surface area contributed by atoms with Crippen molar-refractivity contribution in [1.29, 1.82) is 0 Å². The molecular formula is C31H31F3N6O5S. The first kappa shape index (κ1) is 31.3. The smallest absolute Gasteiger partial charge is 0.410 e. The molecule has 11 nitrogen and oxygen atoms in total. The molecular weight excluding hydrogens is 625 g/mol. The number of anilines is 2. The second-order valence-corrected chi connectivity index (χ2v) is 14.1. The number of methoxy groups -OCH3 is 1. The summed E-state index contributed by atoms with van der Waals surface area (Å²) in [6.45, 7) is 8.11. The molecule has 2 aromatic heterocycles. The van der Waals surface area contributed by atoms with Gasteiger partial charge in [0.2, 0.25) is 5.88 Å². The number of nitrogens with one attached hydrogen (secondary N) is 1. The third-order valence-electron chi connectivity index (χ3n) is 7.91. The molecule has 2 aliphatic heterocycles. The molecule has 1 N–H and O–H groups in total. The van der Waals surface area contributed by atoms with E-state index in [4.69, 9.17) is 9.47 Å². The van der Waals surface area contributed by atoms with E-state index in [0.29, 0.717) is 42.1 Å². The normalized spacial score (nSPS) is 16.1. The lowest BCUT2D eigenvalue weighted by molar-refractivity contribution is -0.0266. The Labute approximate surface area is 263 Å². The largest absolute Gasteiger partial charge is 0.480 e. The van der Waals surface area contributed by atoms with Crippen LogP contribution >= 0.6 is 0 Å². The molecule has 2 aromatic carbocycles. The zero-order valence-corrected chi connectivity index (χ0v) is 26.3. The molecule has 2 aliphatic rings. The zero-order chi connectivity index (χ0) is 33.0. The van der Waals surface area contributed by atoms with Crippen LogP contribution < -0.4 is 14.4 Å². The lowest BCUT2D eigenvalue weighted by Crippen LogP contribution is -2.60. The highest BCUT2D eigenvalue weighted by atomic mass is 32.2. The van der Waals surface area contributed by atoms with Crippen LogP contribution in [0.5, 0.6) is 5.88 Å². The summed E-state index contributed by atoms with van der Waals surface area (Å²) in [6.07, 6.45) is 3.51. The van der Waals surface area contributed by atoms with Crippen LogP contribution in [-0.2, 0) is 14.8 Å². The summed E-state index contributed by atoms with van der Waals surface area (Å²) in [4.78, 5) is 28.2. The van der Waals surface area contributed by atoms with E-state index < -0.39 is 38.0 Å². The number of nitrogens with zero attached hydrogens (tertiary/aromatic N) is 5. The molecule has 0 unspecified atom stereocenters. The molecule has 0 saturated carbocycles. The minimum Gasteiger partial charge on any atom is -0.480 e. The Bertz CT molecular complexity index is 1940. The highest BCUT2D eigenvalue weighted by Crippen LogP contribution is 2.43. The predicted molar refractivity (Wildman–Crippen MR) is 164 cm³/mol. The van der Waals surface area contributed by atoms with Gasteiger partial charge in [0.05, 0.1) is 12.6 Å². The van der Waals surface area contributed by atoms with Crippen LogP contribution in [0.2, 0.25) is 0 Å². The van der Waals surface area contributed by atoms with Crippen LogP contribution in [0.4, 0.5) is 29.5 Å². The first-order valence-corrected chi connectivity index (χ1v) is 15.8. The molecule has 2 saturated heterocycles. The van der Waals surface area contributed by atoms with Crippen LogP contribution in [-0.4, -0.2) is 73.3 Å². The number of hydrogen-bond donors (Lipinski definition) is 1. The van der Waals surface area contributed by atoms with Crippen molar-refractivity contribution in [2.45, 2.75) is 37.7 Å². The number of amides is 1. The number of likely N-dealkylation sites (tertiary alicyclic amines) is 1. The summed E-state index contributed by atoms with van der Waals surface area (Å²) in [5.74, 6) is -3.86. The summed E-state index contributed by atoms with van der Waals surface area (Å²) in [7, 11) is -3.59. The fourth-order valence-electron chi connectivity index (χ4n) is 5.89. The third-order valence-corrected chi connectivity index (χ3v) is 9.33. The summed E-state index contributed by atoms with van der Waals surface area (Å²) in [6, 6.07) is 7.40. The van der Waals surface area contributed by atoms with Crippen molar-refractivity contribution in [3.63, 3.8) is 0 Å². The molecule has 4 heterocycles. The van der Waals surface area contributed by atoms with Gasteiger partial charge in [-0.05, 0) is 51.0 Å². The van der Waals surface area contributed by atoms with Crippen molar-refractivity contribution >= 4 is 38.5 Å². The average molecular weight is 657 g/mol. The molecule has 0 radical (unpaired) electrons. The van der Waals surface area contributed by atoms with Gasteiger partial charge in [-0.15, -0.1) is 0 Å². The Morgan fingerprint density at radius 2 is 1.70 bits per heavy atom. The molecule has 1 amide bonds. The van der Waals surface area contributed by atoms with Crippen molar-refractivity contribution in [2.75, 3.05) is 42.9 Å². The van der Waals surface area contributed by atoms with Crippen molar-refractivity contribution in [3.05, 3.63) is 66.4 Å². The quantitative estimate of drug-likeness (QED) is 0.292. The van der Waals surface area contributed by atoms with Gasteiger partial charge in [-0.2, -0.15) is 0 Å². The Morgan fingerprint density at radius 1 is 0.978 bits per heavy atom. The number of halogens is 3. The van der Waals surface area contributed by atoms with Crippen LogP contribution in [0, 0.1) is 22.9 Å². The number of benzene rings is 2. The SMILES string of the molecule is COc1ncc(-c2ccc3ncnc(N4CCC5(CN(C(=O)OC(C)(C)C)C5)C4)c3c2)cc1NS(=O)(=O)c1c(F)cc(F)cc1F. The van der Waals surface area contributed by atoms with Crippen LogP contribution in [0.25, 0.3) is 22.0 Å². The van der Waals surface area contributed by atoms with E-state index in [1.54, 1.807) is 17.0 Å². The monoisotopic (exact) mass is 656 g/mol. The maximum Gasteiger partial charge on any atom is 0.410 e. The Morgan fingerprint density at radius 3 is 2.37 bits per heavy atom. The third kappa shape index (κ3) is 5.98. The molecule has 0 atom stereocenters. The first-order chi connectivity index (χ1) is 21.7. The van der Waals surface area contributed by atoms with Crippen molar-refractivity contribution in [2.24, 2.45) is 5.41 Å². The predicted octanol–water partition coefficient (Wildman–Crippen LogP) is 5.37. The summed E-state index contributed by atoms with van der Waals surface area (Å²) in [5.41, 5.74) is 0.952. The number of pyridine rings is 1. The van der Waals surface area contributed by atoms with Gasteiger partial charge in [-0.3, -0.25) is 4.72 Å². The number of ether oxygens (including phenoxy) is 2. The zero-order valence-electron chi connectivity index (χ0n) is 25.5. The van der Waals surface area contributed by atoms with Crippen molar-refractivity contribution < 1.29 is 35.9 Å². The van der Waals surface area contributed by atoms with Gasteiger partial charge in [0.1, 0.15) is 40.9 Å². The number of sulfonamides is 1. The van der Waals surface area contributed by atoms with Crippen molar-refractivity contribution in [1.82, 2.24) is 19.9 Å². The fraction of sp³-hybridized carbons (Fsp3) is 0.355. The summed E-state index contributed by atoms with van der Waals surface area (Å²) < 4.78 is 80.9. The van der Waals surface area contributed by atoms with E-state index in [0.717, 1.165) is 18.4 Å². The lowest BCUT2D eigenvalue weighted by Gasteiger charge is -2.47. The number of fused-ring (bicyclic) bond motifs is 1. The first-order valence-electron chi connectivity index (χ1n) is 14.4. The number of hydrogen-bond acceptors (Lipinski definition) is 9. The topological polar surface area (TPSA) is 127 Å². The number of aromatic nitrogens is 3. The fourth-order valence-corrected chi connectivity index (χ4v) is 7.06. The van der Waals surface area contributed by atoms with Gasteiger partial charge in [0, 0.05) is 60.9 Å². The molecule has 2 fully saturated rings. The van der Waals surface area contributed by atoms with E-state index in [1.807, 2.05) is 26.8 Å². The molecule has 15 heteroatoms. The minimum atomic E-state index is -4.85. The Kier molecular flexibility index (Phi) is 7.69. The second kappa shape index (κ2) is 11.3. The van der Waals surface area contributed by atoms with E-state index in [9.17, 15) is 26.4 Å². The number of rotatable bonds is 6. The van der Waals surface area contributed by atoms with E-state index in [1.165, 1.54) is 25.7 Å². The lowest BCUT2D eigenvalue weighted by atomic mass is 9.79. The van der Waals surface area contributed by atoms with Crippen molar-refractivity contribution in [3.8, 4) is 17.0 Å². The van der Waals surface area contributed by atoms with Gasteiger partial charge < -0.3 is 19.3 Å². The summed E-state index contributed by atoms with van der Waals surface area (Å²) >= 11 is 0. The van der Waals surface area contributed by atoms with Gasteiger partial charge in [0.25, 0.3) is 10.0 Å². The van der Waals surface area contributed by atoms with Crippen LogP contribution in [0.3, 0.4) is 0 Å². The average Bonchev–Trinajstić information content (AvgIpc) is 3.40. The number of carbonyl (C=O) groups is 1. The molecule has 6 rings (SSSR count). The van der Waals surface area contributed by atoms with Gasteiger partial charge in [0.15, 0.2) is 4.90 Å². The summed E-state index contributed by atoms with van der Waals surface area (Å²) in [5, 5.41) is 0.744. The molecule has 0 aliphatic carbocycles.